The Hall–Kier alpha value is -3.04. The van der Waals surface area contributed by atoms with Crippen LogP contribution in [-0.2, 0) is 19.1 Å². The third-order valence-corrected chi connectivity index (χ3v) is 5.95. The van der Waals surface area contributed by atoms with E-state index in [-0.39, 0.29) is 24.1 Å². The van der Waals surface area contributed by atoms with Crippen LogP contribution in [0.4, 0.5) is 0 Å². The van der Waals surface area contributed by atoms with Crippen molar-refractivity contribution in [3.05, 3.63) is 24.3 Å². The zero-order valence-corrected chi connectivity index (χ0v) is 17.7. The first kappa shape index (κ1) is 22.6. The van der Waals surface area contributed by atoms with Crippen molar-refractivity contribution in [1.29, 1.82) is 0 Å². The number of hydrogen-bond acceptors (Lipinski definition) is 7. The predicted molar refractivity (Wildman–Crippen MR) is 110 cm³/mol. The fraction of sp³-hybridized carbons (Fsp3) is 0.619. The Kier molecular flexibility index (Phi) is 7.91. The first-order valence-electron chi connectivity index (χ1n) is 10.7. The molecule has 3 amide bonds. The van der Waals surface area contributed by atoms with E-state index in [1.807, 2.05) is 0 Å². The van der Waals surface area contributed by atoms with Gasteiger partial charge in [-0.05, 0) is 31.6 Å². The summed E-state index contributed by atoms with van der Waals surface area (Å²) in [6.07, 6.45) is 10.2. The maximum Gasteiger partial charge on any atom is 0.328 e. The molecule has 10 heteroatoms. The smallest absolute Gasteiger partial charge is 0.328 e. The van der Waals surface area contributed by atoms with Gasteiger partial charge in [0.15, 0.2) is 0 Å². The van der Waals surface area contributed by atoms with Gasteiger partial charge >= 0.3 is 5.97 Å². The highest BCUT2D eigenvalue weighted by molar-refractivity contribution is 5.97. The average Bonchev–Trinajstić information content (AvgIpc) is 3.31. The van der Waals surface area contributed by atoms with Crippen LogP contribution in [0.5, 0.6) is 0 Å². The normalized spacial score (nSPS) is 20.0. The SMILES string of the molecule is COC(=O)C1CCCN1C(=O)CNC(=O)C(NC(=O)c1cnccn1)C1CCCCC1. The molecule has 1 aromatic rings. The van der Waals surface area contributed by atoms with Gasteiger partial charge in [0.2, 0.25) is 11.8 Å². The molecule has 0 radical (unpaired) electrons. The van der Waals surface area contributed by atoms with Gasteiger partial charge in [0.05, 0.1) is 19.9 Å². The number of carbonyl (C=O) groups is 4. The molecule has 2 fully saturated rings. The summed E-state index contributed by atoms with van der Waals surface area (Å²) in [6.45, 7) is 0.209. The molecule has 10 nitrogen and oxygen atoms in total. The summed E-state index contributed by atoms with van der Waals surface area (Å²) in [5.41, 5.74) is 0.130. The molecule has 1 aromatic heterocycles. The van der Waals surface area contributed by atoms with Gasteiger partial charge in [0, 0.05) is 18.9 Å². The second-order valence-electron chi connectivity index (χ2n) is 7.93. The number of ether oxygens (including phenoxy) is 1. The molecule has 2 unspecified atom stereocenters. The number of amides is 3. The van der Waals surface area contributed by atoms with Crippen LogP contribution in [0.3, 0.4) is 0 Å². The molecule has 2 atom stereocenters. The lowest BCUT2D eigenvalue weighted by molar-refractivity contribution is -0.150. The van der Waals surface area contributed by atoms with E-state index in [4.69, 9.17) is 4.74 Å². The molecule has 1 aliphatic heterocycles. The summed E-state index contributed by atoms with van der Waals surface area (Å²) >= 11 is 0. The fourth-order valence-corrected chi connectivity index (χ4v) is 4.32. The van der Waals surface area contributed by atoms with Gasteiger partial charge in [-0.2, -0.15) is 0 Å². The molecule has 168 valence electrons. The molecule has 1 saturated carbocycles. The Morgan fingerprint density at radius 1 is 1.13 bits per heavy atom. The number of nitrogens with one attached hydrogen (secondary N) is 2. The monoisotopic (exact) mass is 431 g/mol. The lowest BCUT2D eigenvalue weighted by Crippen LogP contribution is -2.53. The van der Waals surface area contributed by atoms with Crippen LogP contribution in [-0.4, -0.2) is 70.8 Å². The van der Waals surface area contributed by atoms with Crippen molar-refractivity contribution in [2.45, 2.75) is 57.0 Å². The molecule has 0 bridgehead atoms. The third kappa shape index (κ3) is 5.77. The first-order chi connectivity index (χ1) is 15.0. The van der Waals surface area contributed by atoms with Crippen LogP contribution >= 0.6 is 0 Å². The van der Waals surface area contributed by atoms with E-state index in [2.05, 4.69) is 20.6 Å². The van der Waals surface area contributed by atoms with Gasteiger partial charge in [-0.25, -0.2) is 9.78 Å². The molecule has 2 heterocycles. The van der Waals surface area contributed by atoms with Crippen LogP contribution in [0.15, 0.2) is 18.6 Å². The number of aromatic nitrogens is 2. The summed E-state index contributed by atoms with van der Waals surface area (Å²) in [5, 5.41) is 5.44. The lowest BCUT2D eigenvalue weighted by Gasteiger charge is -2.30. The molecular formula is C21H29N5O5. The van der Waals surface area contributed by atoms with Crippen LogP contribution in [0, 0.1) is 5.92 Å². The minimum Gasteiger partial charge on any atom is -0.467 e. The van der Waals surface area contributed by atoms with Crippen LogP contribution in [0.2, 0.25) is 0 Å². The quantitative estimate of drug-likeness (QED) is 0.599. The molecule has 1 aliphatic carbocycles. The second-order valence-corrected chi connectivity index (χ2v) is 7.93. The summed E-state index contributed by atoms with van der Waals surface area (Å²) < 4.78 is 4.76. The summed E-state index contributed by atoms with van der Waals surface area (Å²) in [4.78, 5) is 59.4. The molecule has 31 heavy (non-hydrogen) atoms. The summed E-state index contributed by atoms with van der Waals surface area (Å²) in [5.74, 6) is -1.70. The topological polar surface area (TPSA) is 131 Å². The van der Waals surface area contributed by atoms with Gasteiger partial charge in [-0.15, -0.1) is 0 Å². The van der Waals surface area contributed by atoms with Crippen LogP contribution in [0.1, 0.15) is 55.4 Å². The Balaban J connectivity index is 1.63. The fourth-order valence-electron chi connectivity index (χ4n) is 4.32. The minimum absolute atomic E-state index is 0.0147. The highest BCUT2D eigenvalue weighted by atomic mass is 16.5. The van der Waals surface area contributed by atoms with Crippen LogP contribution < -0.4 is 10.6 Å². The van der Waals surface area contributed by atoms with E-state index in [9.17, 15) is 19.2 Å². The molecule has 2 N–H and O–H groups in total. The number of methoxy groups -OCH3 is 1. The van der Waals surface area contributed by atoms with E-state index in [1.165, 1.54) is 30.6 Å². The van der Waals surface area contributed by atoms with Crippen molar-refractivity contribution in [3.8, 4) is 0 Å². The van der Waals surface area contributed by atoms with Crippen molar-refractivity contribution in [3.63, 3.8) is 0 Å². The van der Waals surface area contributed by atoms with E-state index in [0.29, 0.717) is 19.4 Å². The number of nitrogens with zero attached hydrogens (tertiary/aromatic N) is 3. The van der Waals surface area contributed by atoms with Gasteiger partial charge < -0.3 is 20.3 Å². The Morgan fingerprint density at radius 3 is 2.58 bits per heavy atom. The van der Waals surface area contributed by atoms with Gasteiger partial charge in [0.25, 0.3) is 5.91 Å². The van der Waals surface area contributed by atoms with E-state index < -0.39 is 29.9 Å². The number of carbonyl (C=O) groups excluding carboxylic acids is 4. The first-order valence-corrected chi connectivity index (χ1v) is 10.7. The van der Waals surface area contributed by atoms with E-state index >= 15 is 0 Å². The van der Waals surface area contributed by atoms with Crippen molar-refractivity contribution in [2.24, 2.45) is 5.92 Å². The van der Waals surface area contributed by atoms with E-state index in [0.717, 1.165) is 32.1 Å². The summed E-state index contributed by atoms with van der Waals surface area (Å²) in [7, 11) is 1.29. The van der Waals surface area contributed by atoms with Crippen molar-refractivity contribution in [1.82, 2.24) is 25.5 Å². The largest absolute Gasteiger partial charge is 0.467 e. The van der Waals surface area contributed by atoms with Gasteiger partial charge in [-0.1, -0.05) is 19.3 Å². The van der Waals surface area contributed by atoms with Crippen molar-refractivity contribution < 1.29 is 23.9 Å². The zero-order chi connectivity index (χ0) is 22.2. The van der Waals surface area contributed by atoms with Crippen LogP contribution in [0.25, 0.3) is 0 Å². The lowest BCUT2D eigenvalue weighted by atomic mass is 9.83. The third-order valence-electron chi connectivity index (χ3n) is 5.95. The number of likely N-dealkylation sites (tertiary alicyclic amines) is 1. The Morgan fingerprint density at radius 2 is 1.90 bits per heavy atom. The standard InChI is InChI=1S/C21H29N5O5/c1-31-21(30)16-8-5-11-26(16)17(27)13-24-20(29)18(14-6-3-2-4-7-14)25-19(28)15-12-22-9-10-23-15/h9-10,12,14,16,18H,2-8,11,13H2,1H3,(H,24,29)(H,25,28). The Labute approximate surface area is 181 Å². The van der Waals surface area contributed by atoms with Gasteiger partial charge in [0.1, 0.15) is 17.8 Å². The molecule has 2 aliphatic rings. The zero-order valence-electron chi connectivity index (χ0n) is 17.7. The number of rotatable bonds is 7. The maximum absolute atomic E-state index is 13.0. The van der Waals surface area contributed by atoms with Crippen molar-refractivity contribution >= 4 is 23.7 Å². The number of esters is 1. The second kappa shape index (κ2) is 10.8. The number of hydrogen-bond donors (Lipinski definition) is 2. The summed E-state index contributed by atoms with van der Waals surface area (Å²) in [6, 6.07) is -1.38. The predicted octanol–water partition coefficient (Wildman–Crippen LogP) is 0.436. The highest BCUT2D eigenvalue weighted by Crippen LogP contribution is 2.27. The molecular weight excluding hydrogens is 402 g/mol. The van der Waals surface area contributed by atoms with Gasteiger partial charge in [-0.3, -0.25) is 19.4 Å². The molecule has 0 aromatic carbocycles. The molecule has 3 rings (SSSR count). The minimum atomic E-state index is -0.766. The maximum atomic E-state index is 13.0. The highest BCUT2D eigenvalue weighted by Gasteiger charge is 2.36. The molecule has 1 saturated heterocycles. The van der Waals surface area contributed by atoms with E-state index in [1.54, 1.807) is 0 Å². The Bertz CT molecular complexity index is 797. The molecule has 0 spiro atoms. The average molecular weight is 431 g/mol. The van der Waals surface area contributed by atoms with Crippen molar-refractivity contribution in [2.75, 3.05) is 20.2 Å².